The summed E-state index contributed by atoms with van der Waals surface area (Å²) in [7, 11) is 0. The number of ether oxygens (including phenoxy) is 2. The summed E-state index contributed by atoms with van der Waals surface area (Å²) in [5, 5.41) is 18.3. The minimum atomic E-state index is 0.829. The first-order valence-corrected chi connectivity index (χ1v) is 45.1. The van der Waals surface area contributed by atoms with Crippen molar-refractivity contribution in [1.82, 2.24) is 0 Å². The second kappa shape index (κ2) is 31.4. The molecular weight excluding hydrogens is 1610 g/mol. The maximum absolute atomic E-state index is 7.11. The van der Waals surface area contributed by atoms with Crippen LogP contribution in [0.4, 0.5) is 68.2 Å². The molecule has 0 spiro atoms. The summed E-state index contributed by atoms with van der Waals surface area (Å²) in [4.78, 5) is 9.45. The van der Waals surface area contributed by atoms with Crippen LogP contribution in [0.25, 0.3) is 153 Å². The van der Waals surface area contributed by atoms with Crippen LogP contribution in [0, 0.1) is 27.7 Å². The molecule has 0 fully saturated rings. The summed E-state index contributed by atoms with van der Waals surface area (Å²) >= 11 is 0. The lowest BCUT2D eigenvalue weighted by atomic mass is 9.87. The van der Waals surface area contributed by atoms with Crippen molar-refractivity contribution in [2.75, 3.05) is 19.6 Å². The first-order chi connectivity index (χ1) is 65.1. The quantitative estimate of drug-likeness (QED) is 0.0999. The van der Waals surface area contributed by atoms with Gasteiger partial charge in [0.2, 0.25) is 0 Å². The molecule has 2 aromatic heterocycles. The number of furan rings is 2. The van der Waals surface area contributed by atoms with Crippen LogP contribution in [-0.4, -0.2) is 0 Å². The van der Waals surface area contributed by atoms with Gasteiger partial charge in [0.05, 0.1) is 34.1 Å². The van der Waals surface area contributed by atoms with Crippen LogP contribution < -0.4 is 29.1 Å². The third-order valence-electron chi connectivity index (χ3n) is 26.5. The molecule has 624 valence electrons. The van der Waals surface area contributed by atoms with E-state index >= 15 is 0 Å². The van der Waals surface area contributed by atoms with Gasteiger partial charge in [-0.05, 0) is 250 Å². The third kappa shape index (κ3) is 12.9. The molecule has 132 heavy (non-hydrogen) atoms. The van der Waals surface area contributed by atoms with Crippen LogP contribution in [0.15, 0.2) is 446 Å². The predicted octanol–water partition coefficient (Wildman–Crippen LogP) is 36.1. The van der Waals surface area contributed by atoms with Gasteiger partial charge >= 0.3 is 0 Å². The third-order valence-corrected chi connectivity index (χ3v) is 26.5. The van der Waals surface area contributed by atoms with Gasteiger partial charge in [0.25, 0.3) is 0 Å². The summed E-state index contributed by atoms with van der Waals surface area (Å²) in [5.41, 5.74) is 29.8. The number of aryl methyl sites for hydroxylation is 4. The molecule has 26 rings (SSSR count). The van der Waals surface area contributed by atoms with Crippen molar-refractivity contribution in [3.63, 3.8) is 0 Å². The van der Waals surface area contributed by atoms with Gasteiger partial charge in [0.15, 0.2) is 11.2 Å². The molecule has 4 heterocycles. The van der Waals surface area contributed by atoms with Gasteiger partial charge in [-0.3, -0.25) is 0 Å². The van der Waals surface area contributed by atoms with Crippen molar-refractivity contribution in [3.05, 3.63) is 459 Å². The van der Waals surface area contributed by atoms with E-state index in [1.165, 1.54) is 49.2 Å². The lowest BCUT2D eigenvalue weighted by Crippen LogP contribution is -2.12. The Morgan fingerprint density at radius 1 is 0.167 bits per heavy atom. The maximum Gasteiger partial charge on any atom is 0.159 e. The summed E-state index contributed by atoms with van der Waals surface area (Å²) < 4.78 is 27.8. The Labute approximate surface area is 763 Å². The van der Waals surface area contributed by atoms with Crippen LogP contribution in [-0.2, 0) is 0 Å². The standard InChI is InChI=1S/2C62H42N2O2/c1-39-29-31-46-50(33-39)51-37-54-48-32-30-44(63(42-19-8-4-9-20-42)55-26-14-12-23-45(55)41-17-6-3-7-18-41)36-59(48)65-60-35-40(2)34-53(61(54)60)52(51)38-57(46)64(43-21-10-5-11-22-43)56-27-16-25-49-47-24-13-15-28-58(47)66-62(49)56;1-39-29-31-46-50(33-39)51-37-54-48-32-30-44(63(42-19-8-4-9-20-42)43-21-10-5-11-22-43)36-59(48)65-60-35-40(2)34-53(61(54)60)52(51)38-57(46)64(55-26-14-12-23-45(55)41-17-6-3-7-18-41)56-27-16-25-49-47-24-13-15-28-58(47)66-62(49)56/h2*3-38H,1-2H3. The Kier molecular flexibility index (Phi) is 18.3. The average Bonchev–Trinajstić information content (AvgIpc) is 0.757. The number of hydrogen-bond donors (Lipinski definition) is 0. The molecule has 0 amide bonds. The van der Waals surface area contributed by atoms with Crippen molar-refractivity contribution < 1.29 is 18.3 Å². The smallest absolute Gasteiger partial charge is 0.159 e. The van der Waals surface area contributed by atoms with Crippen LogP contribution >= 0.6 is 0 Å². The van der Waals surface area contributed by atoms with E-state index in [1.807, 2.05) is 12.1 Å². The van der Waals surface area contributed by atoms with Crippen molar-refractivity contribution in [1.29, 1.82) is 0 Å². The average molecular weight is 1690 g/mol. The number of nitrogens with zero attached hydrogens (tertiary/aromatic N) is 4. The van der Waals surface area contributed by atoms with E-state index in [2.05, 4.69) is 472 Å². The molecule has 0 saturated heterocycles. The van der Waals surface area contributed by atoms with E-state index in [0.29, 0.717) is 0 Å². The first-order valence-electron chi connectivity index (χ1n) is 45.1. The van der Waals surface area contributed by atoms with Gasteiger partial charge in [0.1, 0.15) is 34.2 Å². The molecule has 0 aliphatic carbocycles. The van der Waals surface area contributed by atoms with Crippen molar-refractivity contribution in [2.24, 2.45) is 0 Å². The van der Waals surface area contributed by atoms with Gasteiger partial charge in [-0.15, -0.1) is 0 Å². The summed E-state index contributed by atoms with van der Waals surface area (Å²) in [6.45, 7) is 8.73. The fourth-order valence-corrected chi connectivity index (χ4v) is 20.7. The number of benzene rings is 22. The Bertz CT molecular complexity index is 8740. The molecule has 0 N–H and O–H groups in total. The lowest BCUT2D eigenvalue weighted by Gasteiger charge is -2.30. The van der Waals surface area contributed by atoms with Crippen LogP contribution in [0.3, 0.4) is 0 Å². The molecule has 8 nitrogen and oxygen atoms in total. The fourth-order valence-electron chi connectivity index (χ4n) is 20.7. The summed E-state index contributed by atoms with van der Waals surface area (Å²) in [5.74, 6) is 3.39. The highest BCUT2D eigenvalue weighted by molar-refractivity contribution is 6.29. The Morgan fingerprint density at radius 2 is 0.508 bits per heavy atom. The monoisotopic (exact) mass is 1690 g/mol. The highest BCUT2D eigenvalue weighted by Gasteiger charge is 2.33. The molecule has 0 atom stereocenters. The van der Waals surface area contributed by atoms with Crippen molar-refractivity contribution in [2.45, 2.75) is 27.7 Å². The van der Waals surface area contributed by atoms with Gasteiger partial charge in [-0.2, -0.15) is 0 Å². The van der Waals surface area contributed by atoms with E-state index in [1.54, 1.807) is 0 Å². The van der Waals surface area contributed by atoms with E-state index in [-0.39, 0.29) is 0 Å². The molecule has 2 aliphatic rings. The van der Waals surface area contributed by atoms with Crippen molar-refractivity contribution >= 4 is 177 Å². The van der Waals surface area contributed by atoms with E-state index in [9.17, 15) is 0 Å². The molecule has 0 saturated carbocycles. The molecule has 0 radical (unpaired) electrons. The second-order valence-corrected chi connectivity index (χ2v) is 34.8. The Balaban J connectivity index is 0.000000142. The van der Waals surface area contributed by atoms with E-state index < -0.39 is 0 Å². The van der Waals surface area contributed by atoms with Gasteiger partial charge < -0.3 is 37.9 Å². The predicted molar refractivity (Wildman–Crippen MR) is 552 cm³/mol. The molecular formula is C124H84N4O4. The zero-order valence-electron chi connectivity index (χ0n) is 73.0. The number of anilines is 12. The van der Waals surface area contributed by atoms with Gasteiger partial charge in [-0.1, -0.05) is 290 Å². The molecule has 8 heteroatoms. The van der Waals surface area contributed by atoms with Crippen LogP contribution in [0.1, 0.15) is 22.3 Å². The van der Waals surface area contributed by atoms with Gasteiger partial charge in [0, 0.05) is 112 Å². The van der Waals surface area contributed by atoms with E-state index in [4.69, 9.17) is 18.3 Å². The first kappa shape index (κ1) is 77.2. The normalized spacial score (nSPS) is 11.9. The SMILES string of the molecule is Cc1ccc2c(N(c3ccccc3)c3cccc4c3oc3ccccc34)cc3c4cc(C)cc5c4c(cc3c2c1)-c1ccc(N(c2ccccc2)c2ccccc2-c2ccccc2)cc1O5.Cc1ccc2c(N(c3ccccc3-c3ccccc3)c3cccc4c3oc3ccccc34)cc3c4cc(C)cc5c4c(cc3c2c1)-c1ccc(N(c2ccccc2)c2ccccc2)cc1O5. The fraction of sp³-hybridized carbons (Fsp3) is 0.0323. The molecule has 22 aromatic carbocycles. The highest BCUT2D eigenvalue weighted by Crippen LogP contribution is 2.58. The number of hydrogen-bond acceptors (Lipinski definition) is 8. The molecule has 24 aromatic rings. The molecule has 0 unspecified atom stereocenters. The summed E-state index contributed by atoms with van der Waals surface area (Å²) in [6, 6.07) is 157. The van der Waals surface area contributed by atoms with E-state index in [0.717, 1.165) is 217 Å². The van der Waals surface area contributed by atoms with Crippen LogP contribution in [0.2, 0.25) is 0 Å². The zero-order chi connectivity index (χ0) is 87.8. The Morgan fingerprint density at radius 3 is 0.970 bits per heavy atom. The minimum absolute atomic E-state index is 0.829. The van der Waals surface area contributed by atoms with Gasteiger partial charge in [-0.25, -0.2) is 0 Å². The number of para-hydroxylation sites is 10. The highest BCUT2D eigenvalue weighted by atomic mass is 16.5. The summed E-state index contributed by atoms with van der Waals surface area (Å²) in [6.07, 6.45) is 0. The largest absolute Gasteiger partial charge is 0.456 e. The lowest BCUT2D eigenvalue weighted by molar-refractivity contribution is 0.486. The number of rotatable bonds is 14. The number of fused-ring (bicyclic) bond motifs is 18. The zero-order valence-corrected chi connectivity index (χ0v) is 73.0. The van der Waals surface area contributed by atoms with Crippen molar-refractivity contribution in [3.8, 4) is 67.5 Å². The minimum Gasteiger partial charge on any atom is -0.456 e. The molecule has 0 bridgehead atoms. The second-order valence-electron chi connectivity index (χ2n) is 34.8. The Hall–Kier alpha value is -17.2. The molecule has 2 aliphatic heterocycles. The maximum atomic E-state index is 7.11. The van der Waals surface area contributed by atoms with Crippen LogP contribution in [0.5, 0.6) is 23.0 Å². The topological polar surface area (TPSA) is 57.7 Å².